The number of nitrogens with zero attached hydrogens (tertiary/aromatic N) is 3. The fourth-order valence-corrected chi connectivity index (χ4v) is 3.49. The Morgan fingerprint density at radius 3 is 2.59 bits per heavy atom. The summed E-state index contributed by atoms with van der Waals surface area (Å²) in [5.41, 5.74) is 1.73. The fraction of sp³-hybridized carbons (Fsp3) is 0.400. The highest BCUT2D eigenvalue weighted by atomic mass is 79.9. The van der Waals surface area contributed by atoms with E-state index in [1.54, 1.807) is 6.07 Å². The molecule has 1 N–H and O–H groups in total. The van der Waals surface area contributed by atoms with Gasteiger partial charge in [0.05, 0.1) is 18.4 Å². The first-order valence-electron chi connectivity index (χ1n) is 9.09. The quantitative estimate of drug-likeness (QED) is 0.778. The molecule has 1 aromatic carbocycles. The van der Waals surface area contributed by atoms with Crippen LogP contribution in [0.5, 0.6) is 0 Å². The molecule has 0 bridgehead atoms. The topological polar surface area (TPSA) is 48.5 Å². The normalized spacial score (nSPS) is 15.5. The average molecular weight is 435 g/mol. The molecule has 7 heteroatoms. The Balaban J connectivity index is 1.68. The SMILES string of the molecule is CN1CCC(N(Cc2ccc(F)cn2)C(=O)NCc2ccc(Br)cc2)CC1. The van der Waals surface area contributed by atoms with Gasteiger partial charge in [0.15, 0.2) is 0 Å². The summed E-state index contributed by atoms with van der Waals surface area (Å²) in [5.74, 6) is -0.371. The van der Waals surface area contributed by atoms with Crippen molar-refractivity contribution in [2.24, 2.45) is 0 Å². The second-order valence-electron chi connectivity index (χ2n) is 6.92. The molecule has 1 aromatic heterocycles. The van der Waals surface area contributed by atoms with Crippen LogP contribution in [0.15, 0.2) is 47.1 Å². The van der Waals surface area contributed by atoms with Crippen molar-refractivity contribution in [3.8, 4) is 0 Å². The number of nitrogens with one attached hydrogen (secondary N) is 1. The zero-order valence-electron chi connectivity index (χ0n) is 15.4. The van der Waals surface area contributed by atoms with Gasteiger partial charge in [0.1, 0.15) is 5.82 Å². The summed E-state index contributed by atoms with van der Waals surface area (Å²) in [6, 6.07) is 10.9. The highest BCUT2D eigenvalue weighted by Crippen LogP contribution is 2.18. The summed E-state index contributed by atoms with van der Waals surface area (Å²) in [7, 11) is 2.09. The third-order valence-corrected chi connectivity index (χ3v) is 5.40. The van der Waals surface area contributed by atoms with Crippen molar-refractivity contribution in [2.75, 3.05) is 20.1 Å². The smallest absolute Gasteiger partial charge is 0.318 e. The molecule has 0 saturated carbocycles. The maximum Gasteiger partial charge on any atom is 0.318 e. The van der Waals surface area contributed by atoms with Gasteiger partial charge in [-0.15, -0.1) is 0 Å². The van der Waals surface area contributed by atoms with Crippen molar-refractivity contribution in [1.29, 1.82) is 0 Å². The van der Waals surface area contributed by atoms with E-state index < -0.39 is 0 Å². The van der Waals surface area contributed by atoms with Crippen molar-refractivity contribution in [3.05, 3.63) is 64.1 Å². The van der Waals surface area contributed by atoms with Gasteiger partial charge < -0.3 is 15.1 Å². The van der Waals surface area contributed by atoms with Gasteiger partial charge in [-0.3, -0.25) is 4.98 Å². The lowest BCUT2D eigenvalue weighted by Gasteiger charge is -2.37. The lowest BCUT2D eigenvalue weighted by molar-refractivity contribution is 0.126. The number of carbonyl (C=O) groups is 1. The molecule has 0 atom stereocenters. The molecule has 1 aliphatic rings. The van der Waals surface area contributed by atoms with E-state index in [0.717, 1.165) is 36.0 Å². The van der Waals surface area contributed by atoms with E-state index in [-0.39, 0.29) is 17.9 Å². The molecule has 2 aromatic rings. The fourth-order valence-electron chi connectivity index (χ4n) is 3.23. The maximum atomic E-state index is 13.2. The number of carbonyl (C=O) groups excluding carboxylic acids is 1. The zero-order chi connectivity index (χ0) is 19.2. The van der Waals surface area contributed by atoms with Crippen LogP contribution in [-0.4, -0.2) is 47.0 Å². The van der Waals surface area contributed by atoms with E-state index in [1.165, 1.54) is 12.3 Å². The molecule has 1 fully saturated rings. The third-order valence-electron chi connectivity index (χ3n) is 4.87. The second-order valence-corrected chi connectivity index (χ2v) is 7.83. The van der Waals surface area contributed by atoms with E-state index in [1.807, 2.05) is 29.2 Å². The van der Waals surface area contributed by atoms with Gasteiger partial charge in [0.2, 0.25) is 0 Å². The second kappa shape index (κ2) is 9.28. The summed E-state index contributed by atoms with van der Waals surface area (Å²) in [6.45, 7) is 2.75. The lowest BCUT2D eigenvalue weighted by atomic mass is 10.0. The first kappa shape index (κ1) is 19.8. The molecule has 27 heavy (non-hydrogen) atoms. The molecule has 1 aliphatic heterocycles. The summed E-state index contributed by atoms with van der Waals surface area (Å²) in [4.78, 5) is 21.2. The van der Waals surface area contributed by atoms with Crippen LogP contribution < -0.4 is 5.32 Å². The molecule has 2 amide bonds. The Labute approximate surface area is 167 Å². The monoisotopic (exact) mass is 434 g/mol. The highest BCUT2D eigenvalue weighted by Gasteiger charge is 2.27. The minimum atomic E-state index is -0.371. The number of rotatable bonds is 5. The van der Waals surface area contributed by atoms with E-state index >= 15 is 0 Å². The van der Waals surface area contributed by atoms with Gasteiger partial charge in [-0.2, -0.15) is 0 Å². The third kappa shape index (κ3) is 5.74. The molecule has 5 nitrogen and oxygen atoms in total. The Kier molecular flexibility index (Phi) is 6.79. The Morgan fingerprint density at radius 1 is 1.26 bits per heavy atom. The van der Waals surface area contributed by atoms with Gasteiger partial charge in [0.25, 0.3) is 0 Å². The van der Waals surface area contributed by atoms with Crippen LogP contribution >= 0.6 is 15.9 Å². The summed E-state index contributed by atoms with van der Waals surface area (Å²) in [5, 5.41) is 3.01. The molecule has 0 radical (unpaired) electrons. The highest BCUT2D eigenvalue weighted by molar-refractivity contribution is 9.10. The van der Waals surface area contributed by atoms with Gasteiger partial charge in [0, 0.05) is 17.1 Å². The first-order chi connectivity index (χ1) is 13.0. The first-order valence-corrected chi connectivity index (χ1v) is 9.88. The summed E-state index contributed by atoms with van der Waals surface area (Å²) >= 11 is 3.41. The number of urea groups is 1. The predicted octanol–water partition coefficient (Wildman–Crippen LogP) is 3.79. The van der Waals surface area contributed by atoms with Crippen molar-refractivity contribution in [1.82, 2.24) is 20.1 Å². The number of benzene rings is 1. The number of hydrogen-bond donors (Lipinski definition) is 1. The van der Waals surface area contributed by atoms with Crippen molar-refractivity contribution in [2.45, 2.75) is 32.0 Å². The van der Waals surface area contributed by atoms with Gasteiger partial charge >= 0.3 is 6.03 Å². The van der Waals surface area contributed by atoms with E-state index in [2.05, 4.69) is 38.2 Å². The lowest BCUT2D eigenvalue weighted by Crippen LogP contribution is -2.49. The molecule has 2 heterocycles. The van der Waals surface area contributed by atoms with Crippen LogP contribution in [0.3, 0.4) is 0 Å². The van der Waals surface area contributed by atoms with Crippen LogP contribution in [0.1, 0.15) is 24.1 Å². The number of likely N-dealkylation sites (tertiary alicyclic amines) is 1. The standard InChI is InChI=1S/C20H24BrFN4O/c1-25-10-8-19(9-11-25)26(14-18-7-6-17(22)13-23-18)20(27)24-12-15-2-4-16(21)5-3-15/h2-7,13,19H,8-12,14H2,1H3,(H,24,27). The predicted molar refractivity (Wildman–Crippen MR) is 107 cm³/mol. The number of halogens is 2. The van der Waals surface area contributed by atoms with Crippen molar-refractivity contribution < 1.29 is 9.18 Å². The number of pyridine rings is 1. The van der Waals surface area contributed by atoms with Crippen LogP contribution in [0.25, 0.3) is 0 Å². The molecule has 0 aliphatic carbocycles. The number of amides is 2. The summed E-state index contributed by atoms with van der Waals surface area (Å²) in [6.07, 6.45) is 3.04. The molecular weight excluding hydrogens is 411 g/mol. The van der Waals surface area contributed by atoms with Crippen molar-refractivity contribution >= 4 is 22.0 Å². The van der Waals surface area contributed by atoms with Gasteiger partial charge in [-0.25, -0.2) is 9.18 Å². The Morgan fingerprint density at radius 2 is 1.96 bits per heavy atom. The van der Waals surface area contributed by atoms with Gasteiger partial charge in [-0.05, 0) is 62.8 Å². The largest absolute Gasteiger partial charge is 0.334 e. The van der Waals surface area contributed by atoms with Crippen LogP contribution in [0.2, 0.25) is 0 Å². The van der Waals surface area contributed by atoms with Crippen LogP contribution in [-0.2, 0) is 13.1 Å². The van der Waals surface area contributed by atoms with Crippen molar-refractivity contribution in [3.63, 3.8) is 0 Å². The zero-order valence-corrected chi connectivity index (χ0v) is 17.0. The Hall–Kier alpha value is -1.99. The molecule has 1 saturated heterocycles. The van der Waals surface area contributed by atoms with Crippen LogP contribution in [0.4, 0.5) is 9.18 Å². The summed E-state index contributed by atoms with van der Waals surface area (Å²) < 4.78 is 14.2. The molecule has 3 rings (SSSR count). The number of hydrogen-bond acceptors (Lipinski definition) is 3. The van der Waals surface area contributed by atoms with Crippen LogP contribution in [0, 0.1) is 5.82 Å². The van der Waals surface area contributed by atoms with E-state index in [0.29, 0.717) is 18.8 Å². The molecular formula is C20H24BrFN4O. The molecule has 0 spiro atoms. The minimum Gasteiger partial charge on any atom is -0.334 e. The maximum absolute atomic E-state index is 13.2. The minimum absolute atomic E-state index is 0.112. The number of aromatic nitrogens is 1. The molecule has 0 unspecified atom stereocenters. The molecule has 144 valence electrons. The Bertz CT molecular complexity index is 746. The van der Waals surface area contributed by atoms with E-state index in [9.17, 15) is 9.18 Å². The number of piperidine rings is 1. The van der Waals surface area contributed by atoms with Gasteiger partial charge in [-0.1, -0.05) is 28.1 Å². The van der Waals surface area contributed by atoms with E-state index in [4.69, 9.17) is 0 Å². The average Bonchev–Trinajstić information content (AvgIpc) is 2.68.